The molecule has 4 atom stereocenters. The van der Waals surface area contributed by atoms with Gasteiger partial charge < -0.3 is 15.7 Å². The first-order valence-corrected chi connectivity index (χ1v) is 8.06. The maximum atomic E-state index is 12.1. The Morgan fingerprint density at radius 2 is 2.05 bits per heavy atom. The number of carbonyl (C=O) groups is 2. The summed E-state index contributed by atoms with van der Waals surface area (Å²) in [6.45, 7) is 5.92. The van der Waals surface area contributed by atoms with E-state index in [0.29, 0.717) is 6.04 Å². The van der Waals surface area contributed by atoms with Gasteiger partial charge in [-0.15, -0.1) is 0 Å². The normalized spacial score (nSPS) is 28.5. The zero-order valence-corrected chi connectivity index (χ0v) is 13.0. The highest BCUT2D eigenvalue weighted by Gasteiger charge is 2.36. The first-order valence-electron chi connectivity index (χ1n) is 8.06. The van der Waals surface area contributed by atoms with E-state index in [9.17, 15) is 14.7 Å². The zero-order chi connectivity index (χ0) is 15.4. The molecule has 21 heavy (non-hydrogen) atoms. The van der Waals surface area contributed by atoms with Crippen LogP contribution in [0.25, 0.3) is 0 Å². The Bertz CT molecular complexity index is 388. The van der Waals surface area contributed by atoms with Crippen LogP contribution in [0.15, 0.2) is 0 Å². The van der Waals surface area contributed by atoms with Crippen molar-refractivity contribution in [2.24, 2.45) is 5.92 Å². The van der Waals surface area contributed by atoms with Gasteiger partial charge in [0.15, 0.2) is 0 Å². The molecule has 0 aromatic heterocycles. The van der Waals surface area contributed by atoms with Gasteiger partial charge in [-0.25, -0.2) is 9.59 Å². The van der Waals surface area contributed by atoms with E-state index in [1.165, 1.54) is 12.8 Å². The standard InChI is InChI=1S/C15H27N3O3/c1-3-10(2)13(14(19)20)17-15(21)16-11-7-9-18-8-5-4-6-12(11)18/h10-13H,3-9H2,1-2H3,(H,19,20)(H2,16,17,21). The van der Waals surface area contributed by atoms with Crippen molar-refractivity contribution in [3.8, 4) is 0 Å². The fourth-order valence-corrected chi connectivity index (χ4v) is 3.45. The van der Waals surface area contributed by atoms with E-state index in [4.69, 9.17) is 0 Å². The van der Waals surface area contributed by atoms with Gasteiger partial charge in [-0.1, -0.05) is 26.7 Å². The van der Waals surface area contributed by atoms with Gasteiger partial charge in [0.1, 0.15) is 6.04 Å². The van der Waals surface area contributed by atoms with Gasteiger partial charge in [0.2, 0.25) is 0 Å². The van der Waals surface area contributed by atoms with Crippen LogP contribution in [0, 0.1) is 5.92 Å². The summed E-state index contributed by atoms with van der Waals surface area (Å²) in [5, 5.41) is 14.8. The number of carbonyl (C=O) groups excluding carboxylic acids is 1. The quantitative estimate of drug-likeness (QED) is 0.716. The van der Waals surface area contributed by atoms with Gasteiger partial charge >= 0.3 is 12.0 Å². The van der Waals surface area contributed by atoms with Crippen molar-refractivity contribution in [1.29, 1.82) is 0 Å². The lowest BCUT2D eigenvalue weighted by Crippen LogP contribution is -2.54. The second kappa shape index (κ2) is 7.11. The van der Waals surface area contributed by atoms with Crippen molar-refractivity contribution in [1.82, 2.24) is 15.5 Å². The zero-order valence-electron chi connectivity index (χ0n) is 13.0. The average molecular weight is 297 g/mol. The highest BCUT2D eigenvalue weighted by Crippen LogP contribution is 2.27. The minimum atomic E-state index is -0.967. The maximum Gasteiger partial charge on any atom is 0.326 e. The van der Waals surface area contributed by atoms with E-state index in [2.05, 4.69) is 15.5 Å². The van der Waals surface area contributed by atoms with E-state index < -0.39 is 12.0 Å². The number of hydrogen-bond donors (Lipinski definition) is 3. The summed E-state index contributed by atoms with van der Waals surface area (Å²) in [4.78, 5) is 25.8. The molecule has 6 nitrogen and oxygen atoms in total. The van der Waals surface area contributed by atoms with Crippen LogP contribution in [-0.4, -0.2) is 53.2 Å². The van der Waals surface area contributed by atoms with Crippen molar-refractivity contribution in [3.63, 3.8) is 0 Å². The number of nitrogens with one attached hydrogen (secondary N) is 2. The van der Waals surface area contributed by atoms with Gasteiger partial charge in [0.05, 0.1) is 0 Å². The minimum absolute atomic E-state index is 0.0805. The first-order chi connectivity index (χ1) is 10.0. The van der Waals surface area contributed by atoms with Crippen molar-refractivity contribution in [2.45, 2.75) is 64.1 Å². The number of urea groups is 1. The molecule has 120 valence electrons. The number of aliphatic carboxylic acids is 1. The van der Waals surface area contributed by atoms with E-state index in [1.807, 2.05) is 13.8 Å². The molecule has 2 heterocycles. The Morgan fingerprint density at radius 1 is 1.29 bits per heavy atom. The highest BCUT2D eigenvalue weighted by atomic mass is 16.4. The molecule has 2 saturated heterocycles. The molecule has 0 bridgehead atoms. The lowest BCUT2D eigenvalue weighted by atomic mass is 9.98. The Kier molecular flexibility index (Phi) is 5.45. The molecule has 4 unspecified atom stereocenters. The topological polar surface area (TPSA) is 81.7 Å². The van der Waals surface area contributed by atoms with Crippen molar-refractivity contribution >= 4 is 12.0 Å². The third-order valence-corrected chi connectivity index (χ3v) is 4.94. The number of hydrogen-bond acceptors (Lipinski definition) is 3. The molecule has 0 saturated carbocycles. The molecule has 0 radical (unpaired) electrons. The number of amides is 2. The molecule has 2 rings (SSSR count). The fraction of sp³-hybridized carbons (Fsp3) is 0.867. The van der Waals surface area contributed by atoms with Crippen LogP contribution >= 0.6 is 0 Å². The summed E-state index contributed by atoms with van der Waals surface area (Å²) in [6.07, 6.45) is 5.25. The van der Waals surface area contributed by atoms with E-state index >= 15 is 0 Å². The molecule has 0 aliphatic carbocycles. The van der Waals surface area contributed by atoms with Crippen LogP contribution in [-0.2, 0) is 4.79 Å². The molecule has 0 spiro atoms. The molecule has 3 N–H and O–H groups in total. The maximum absolute atomic E-state index is 12.1. The summed E-state index contributed by atoms with van der Waals surface area (Å²) in [5.41, 5.74) is 0. The van der Waals surface area contributed by atoms with Crippen LogP contribution in [0.5, 0.6) is 0 Å². The number of fused-ring (bicyclic) bond motifs is 1. The van der Waals surface area contributed by atoms with Crippen molar-refractivity contribution < 1.29 is 14.7 Å². The summed E-state index contributed by atoms with van der Waals surface area (Å²) in [6, 6.07) is -0.591. The molecule has 2 amide bonds. The third kappa shape index (κ3) is 3.87. The van der Waals surface area contributed by atoms with E-state index in [1.54, 1.807) is 0 Å². The Labute approximate surface area is 126 Å². The second-order valence-corrected chi connectivity index (χ2v) is 6.31. The van der Waals surface area contributed by atoms with Gasteiger partial charge in [-0.05, 0) is 31.7 Å². The van der Waals surface area contributed by atoms with Crippen LogP contribution in [0.3, 0.4) is 0 Å². The molecule has 0 aromatic rings. The minimum Gasteiger partial charge on any atom is -0.480 e. The van der Waals surface area contributed by atoms with Crippen LogP contribution < -0.4 is 10.6 Å². The Balaban J connectivity index is 1.87. The Hall–Kier alpha value is -1.30. The van der Waals surface area contributed by atoms with Gasteiger partial charge in [-0.3, -0.25) is 4.90 Å². The first kappa shape index (κ1) is 16.1. The Morgan fingerprint density at radius 3 is 2.71 bits per heavy atom. The number of rotatable bonds is 5. The molecule has 2 aliphatic rings. The molecular weight excluding hydrogens is 270 g/mol. The number of nitrogens with zero attached hydrogens (tertiary/aromatic N) is 1. The summed E-state index contributed by atoms with van der Waals surface area (Å²) < 4.78 is 0. The average Bonchev–Trinajstić information content (AvgIpc) is 2.87. The summed E-state index contributed by atoms with van der Waals surface area (Å²) >= 11 is 0. The van der Waals surface area contributed by atoms with Crippen LogP contribution in [0.1, 0.15) is 46.0 Å². The predicted octanol–water partition coefficient (Wildman–Crippen LogP) is 1.41. The largest absolute Gasteiger partial charge is 0.480 e. The predicted molar refractivity (Wildman–Crippen MR) is 80.2 cm³/mol. The summed E-state index contributed by atoms with van der Waals surface area (Å²) in [7, 11) is 0. The number of carboxylic acid groups (broad SMARTS) is 1. The third-order valence-electron chi connectivity index (χ3n) is 4.94. The lowest BCUT2D eigenvalue weighted by Gasteiger charge is -2.32. The van der Waals surface area contributed by atoms with Gasteiger partial charge in [-0.2, -0.15) is 0 Å². The van der Waals surface area contributed by atoms with Crippen molar-refractivity contribution in [3.05, 3.63) is 0 Å². The SMILES string of the molecule is CCC(C)C(NC(=O)NC1CCN2CCCCC12)C(=O)O. The van der Waals surface area contributed by atoms with Gasteiger partial charge in [0.25, 0.3) is 0 Å². The second-order valence-electron chi connectivity index (χ2n) is 6.31. The molecule has 6 heteroatoms. The monoisotopic (exact) mass is 297 g/mol. The van der Waals surface area contributed by atoms with E-state index in [0.717, 1.165) is 32.4 Å². The van der Waals surface area contributed by atoms with Crippen LogP contribution in [0.4, 0.5) is 4.79 Å². The number of piperidine rings is 1. The molecular formula is C15H27N3O3. The van der Waals surface area contributed by atoms with Crippen LogP contribution in [0.2, 0.25) is 0 Å². The van der Waals surface area contributed by atoms with Gasteiger partial charge in [0, 0.05) is 18.6 Å². The highest BCUT2D eigenvalue weighted by molar-refractivity contribution is 5.82. The fourth-order valence-electron chi connectivity index (χ4n) is 3.45. The molecule has 2 aliphatic heterocycles. The van der Waals surface area contributed by atoms with Crippen molar-refractivity contribution in [2.75, 3.05) is 13.1 Å². The molecule has 2 fully saturated rings. The lowest BCUT2D eigenvalue weighted by molar-refractivity contribution is -0.140. The number of carboxylic acids is 1. The summed E-state index contributed by atoms with van der Waals surface area (Å²) in [5.74, 6) is -1.05. The smallest absolute Gasteiger partial charge is 0.326 e. The van der Waals surface area contributed by atoms with E-state index in [-0.39, 0.29) is 18.0 Å². The molecule has 0 aromatic carbocycles.